The highest BCUT2D eigenvalue weighted by Gasteiger charge is 2.02. The molecule has 0 N–H and O–H groups in total. The second-order valence-electron chi connectivity index (χ2n) is 3.39. The zero-order valence-corrected chi connectivity index (χ0v) is 10.0. The van der Waals surface area contributed by atoms with Crippen LogP contribution in [0.15, 0.2) is 22.7 Å². The van der Waals surface area contributed by atoms with Crippen molar-refractivity contribution in [3.8, 4) is 0 Å². The molecular weight excluding hydrogens is 242 g/mol. The van der Waals surface area contributed by atoms with Gasteiger partial charge in [0.1, 0.15) is 6.29 Å². The summed E-state index contributed by atoms with van der Waals surface area (Å²) in [5.74, 6) is 0. The lowest BCUT2D eigenvalue weighted by Gasteiger charge is -2.15. The van der Waals surface area contributed by atoms with Crippen molar-refractivity contribution in [2.45, 2.75) is 12.8 Å². The third kappa shape index (κ3) is 2.84. The lowest BCUT2D eigenvalue weighted by molar-refractivity contribution is -0.107. The summed E-state index contributed by atoms with van der Waals surface area (Å²) in [5, 5.41) is 0. The van der Waals surface area contributed by atoms with Crippen LogP contribution in [0.1, 0.15) is 12.0 Å². The third-order valence-electron chi connectivity index (χ3n) is 2.04. The van der Waals surface area contributed by atoms with Gasteiger partial charge in [-0.3, -0.25) is 0 Å². The van der Waals surface area contributed by atoms with E-state index in [1.54, 1.807) is 0 Å². The average Bonchev–Trinajstić information content (AvgIpc) is 2.14. The number of nitrogens with zero attached hydrogens (tertiary/aromatic N) is 1. The molecule has 0 atom stereocenters. The van der Waals surface area contributed by atoms with Gasteiger partial charge in [0.25, 0.3) is 0 Å². The Morgan fingerprint density at radius 3 is 2.64 bits per heavy atom. The highest BCUT2D eigenvalue weighted by Crippen LogP contribution is 2.25. The van der Waals surface area contributed by atoms with E-state index in [9.17, 15) is 4.79 Å². The predicted octanol–water partition coefficient (Wildman–Crippen LogP) is 2.65. The van der Waals surface area contributed by atoms with E-state index < -0.39 is 0 Å². The van der Waals surface area contributed by atoms with Crippen LogP contribution in [0.2, 0.25) is 0 Å². The van der Waals surface area contributed by atoms with E-state index in [0.717, 1.165) is 22.9 Å². The number of hydrogen-bond acceptors (Lipinski definition) is 2. The van der Waals surface area contributed by atoms with Crippen molar-refractivity contribution < 1.29 is 4.79 Å². The molecule has 1 aromatic carbocycles. The number of benzene rings is 1. The van der Waals surface area contributed by atoms with Crippen molar-refractivity contribution >= 4 is 27.9 Å². The third-order valence-corrected chi connectivity index (χ3v) is 2.68. The zero-order chi connectivity index (χ0) is 10.6. The zero-order valence-electron chi connectivity index (χ0n) is 8.46. The largest absolute Gasteiger partial charge is 0.377 e. The summed E-state index contributed by atoms with van der Waals surface area (Å²) in [6, 6.07) is 6.19. The fourth-order valence-electron chi connectivity index (χ4n) is 1.29. The first-order chi connectivity index (χ1) is 6.65. The molecule has 3 heteroatoms. The number of rotatable bonds is 4. The molecule has 1 aromatic rings. The predicted molar refractivity (Wildman–Crippen MR) is 62.9 cm³/mol. The van der Waals surface area contributed by atoms with Gasteiger partial charge >= 0.3 is 0 Å². The summed E-state index contributed by atoms with van der Waals surface area (Å²) >= 11 is 3.51. The molecule has 0 bridgehead atoms. The van der Waals surface area contributed by atoms with Crippen LogP contribution in [-0.2, 0) is 11.2 Å². The quantitative estimate of drug-likeness (QED) is 0.772. The second kappa shape index (κ2) is 5.15. The van der Waals surface area contributed by atoms with Crippen molar-refractivity contribution in [3.05, 3.63) is 28.2 Å². The minimum atomic E-state index is 0.591. The molecule has 14 heavy (non-hydrogen) atoms. The first-order valence-corrected chi connectivity index (χ1v) is 5.34. The van der Waals surface area contributed by atoms with Crippen LogP contribution in [0, 0.1) is 0 Å². The number of anilines is 1. The van der Waals surface area contributed by atoms with Crippen LogP contribution >= 0.6 is 15.9 Å². The monoisotopic (exact) mass is 255 g/mol. The molecule has 1 rings (SSSR count). The maximum Gasteiger partial charge on any atom is 0.120 e. The highest BCUT2D eigenvalue weighted by atomic mass is 79.9. The molecule has 0 amide bonds. The first-order valence-electron chi connectivity index (χ1n) is 4.54. The summed E-state index contributed by atoms with van der Waals surface area (Å²) in [6.45, 7) is 0. The number of aldehydes is 1. The van der Waals surface area contributed by atoms with Crippen LogP contribution in [0.3, 0.4) is 0 Å². The van der Waals surface area contributed by atoms with Gasteiger partial charge in [-0.2, -0.15) is 0 Å². The Morgan fingerprint density at radius 2 is 2.14 bits per heavy atom. The van der Waals surface area contributed by atoms with Crippen molar-refractivity contribution in [1.82, 2.24) is 0 Å². The van der Waals surface area contributed by atoms with Gasteiger partial charge in [0.15, 0.2) is 0 Å². The molecule has 0 saturated carbocycles. The Morgan fingerprint density at radius 1 is 1.43 bits per heavy atom. The maximum atomic E-state index is 10.2. The van der Waals surface area contributed by atoms with Crippen LogP contribution in [0.4, 0.5) is 5.69 Å². The Hall–Kier alpha value is -0.830. The SMILES string of the molecule is CN(C)c1ccc(CCC=O)cc1Br. The fraction of sp³-hybridized carbons (Fsp3) is 0.364. The van der Waals surface area contributed by atoms with E-state index in [1.807, 2.05) is 19.0 Å². The van der Waals surface area contributed by atoms with Gasteiger partial charge < -0.3 is 9.69 Å². The number of aryl methyl sites for hydroxylation is 1. The summed E-state index contributed by atoms with van der Waals surface area (Å²) in [5.41, 5.74) is 2.34. The number of halogens is 1. The Balaban J connectivity index is 2.83. The molecule has 0 saturated heterocycles. The molecule has 0 aliphatic carbocycles. The first kappa shape index (κ1) is 11.2. The molecule has 0 radical (unpaired) electrons. The Kier molecular flexibility index (Phi) is 4.14. The van der Waals surface area contributed by atoms with Gasteiger partial charge in [0.2, 0.25) is 0 Å². The summed E-state index contributed by atoms with van der Waals surface area (Å²) in [7, 11) is 4.01. The van der Waals surface area contributed by atoms with Crippen LogP contribution in [-0.4, -0.2) is 20.4 Å². The molecule has 0 aliphatic heterocycles. The lowest BCUT2D eigenvalue weighted by Crippen LogP contribution is -2.09. The van der Waals surface area contributed by atoms with Crippen LogP contribution in [0.5, 0.6) is 0 Å². The van der Waals surface area contributed by atoms with Crippen LogP contribution in [0.25, 0.3) is 0 Å². The average molecular weight is 256 g/mol. The second-order valence-corrected chi connectivity index (χ2v) is 4.24. The van der Waals surface area contributed by atoms with Gasteiger partial charge in [0.05, 0.1) is 5.69 Å². The highest BCUT2D eigenvalue weighted by molar-refractivity contribution is 9.10. The molecule has 0 unspecified atom stereocenters. The van der Waals surface area contributed by atoms with Gasteiger partial charge in [0, 0.05) is 25.0 Å². The van der Waals surface area contributed by atoms with Crippen molar-refractivity contribution in [2.75, 3.05) is 19.0 Å². The molecule has 2 nitrogen and oxygen atoms in total. The lowest BCUT2D eigenvalue weighted by atomic mass is 10.1. The molecule has 0 spiro atoms. The van der Waals surface area contributed by atoms with Gasteiger partial charge in [-0.15, -0.1) is 0 Å². The van der Waals surface area contributed by atoms with E-state index in [-0.39, 0.29) is 0 Å². The molecule has 0 aromatic heterocycles. The molecular formula is C11H14BrNO. The van der Waals surface area contributed by atoms with Crippen molar-refractivity contribution in [2.24, 2.45) is 0 Å². The molecule has 76 valence electrons. The van der Waals surface area contributed by atoms with E-state index in [1.165, 1.54) is 5.56 Å². The summed E-state index contributed by atoms with van der Waals surface area (Å²) in [4.78, 5) is 12.3. The number of hydrogen-bond donors (Lipinski definition) is 0. The van der Waals surface area contributed by atoms with Gasteiger partial charge in [-0.1, -0.05) is 6.07 Å². The van der Waals surface area contributed by atoms with E-state index >= 15 is 0 Å². The summed E-state index contributed by atoms with van der Waals surface area (Å²) in [6.07, 6.45) is 2.36. The van der Waals surface area contributed by atoms with E-state index in [2.05, 4.69) is 34.1 Å². The normalized spacial score (nSPS) is 9.93. The minimum Gasteiger partial charge on any atom is -0.377 e. The van der Waals surface area contributed by atoms with E-state index in [0.29, 0.717) is 6.42 Å². The van der Waals surface area contributed by atoms with E-state index in [4.69, 9.17) is 0 Å². The topological polar surface area (TPSA) is 20.3 Å². The number of carbonyl (C=O) groups excluding carboxylic acids is 1. The minimum absolute atomic E-state index is 0.591. The smallest absolute Gasteiger partial charge is 0.120 e. The maximum absolute atomic E-state index is 10.2. The fourth-order valence-corrected chi connectivity index (χ4v) is 2.08. The summed E-state index contributed by atoms with van der Waals surface area (Å²) < 4.78 is 1.07. The molecule has 0 fully saturated rings. The molecule has 0 heterocycles. The number of carbonyl (C=O) groups is 1. The standard InChI is InChI=1S/C11H14BrNO/c1-13(2)11-6-5-9(4-3-7-14)8-10(11)12/h5-8H,3-4H2,1-2H3. The van der Waals surface area contributed by atoms with Crippen molar-refractivity contribution in [3.63, 3.8) is 0 Å². The van der Waals surface area contributed by atoms with Crippen molar-refractivity contribution in [1.29, 1.82) is 0 Å². The van der Waals surface area contributed by atoms with Gasteiger partial charge in [-0.25, -0.2) is 0 Å². The molecule has 0 aliphatic rings. The van der Waals surface area contributed by atoms with Crippen LogP contribution < -0.4 is 4.90 Å². The Labute approximate surface area is 93.0 Å². The Bertz CT molecular complexity index is 323. The van der Waals surface area contributed by atoms with Gasteiger partial charge in [-0.05, 0) is 40.0 Å².